The zero-order valence-corrected chi connectivity index (χ0v) is 22.8. The number of aromatic hydroxyl groups is 1. The van der Waals surface area contributed by atoms with Crippen molar-refractivity contribution in [3.05, 3.63) is 77.5 Å². The molecule has 0 aliphatic rings. The van der Waals surface area contributed by atoms with Gasteiger partial charge in [0, 0.05) is 23.0 Å². The standard InChI is InChI=1S/C24H19N3O11S3/c25-15-7-5-13(19(10-15)39(30,31)32)3-4-14-6-8-16(11-20(14)40(33,34)35)27-24(29)18-12-21(41(36,37)38)17-2-1-9-26-22(17)23(18)28/h1-12,28H,25H2,(H,27,29)(H,30,31,32)(H,33,34,35)(H,36,37,38)/b4-3+. The van der Waals surface area contributed by atoms with Crippen LogP contribution in [0.3, 0.4) is 0 Å². The molecule has 0 spiro atoms. The van der Waals surface area contributed by atoms with E-state index in [0.717, 1.165) is 30.4 Å². The first kappa shape index (κ1) is 29.6. The third kappa shape index (κ3) is 6.35. The molecule has 0 aliphatic heterocycles. The van der Waals surface area contributed by atoms with E-state index in [2.05, 4.69) is 10.3 Å². The first-order chi connectivity index (χ1) is 19.0. The van der Waals surface area contributed by atoms with Crippen LogP contribution in [0.15, 0.2) is 75.5 Å². The Hall–Kier alpha value is -4.39. The maximum absolute atomic E-state index is 13.0. The van der Waals surface area contributed by atoms with E-state index in [1.165, 1.54) is 36.5 Å². The lowest BCUT2D eigenvalue weighted by atomic mass is 10.1. The van der Waals surface area contributed by atoms with E-state index < -0.39 is 62.3 Å². The molecule has 214 valence electrons. The number of pyridine rings is 1. The fraction of sp³-hybridized carbons (Fsp3) is 0. The summed E-state index contributed by atoms with van der Waals surface area (Å²) >= 11 is 0. The third-order valence-electron chi connectivity index (χ3n) is 5.66. The van der Waals surface area contributed by atoms with Crippen LogP contribution in [0.1, 0.15) is 21.5 Å². The van der Waals surface area contributed by atoms with Crippen molar-refractivity contribution in [3.8, 4) is 5.75 Å². The molecule has 0 saturated heterocycles. The van der Waals surface area contributed by atoms with Crippen LogP contribution >= 0.6 is 0 Å². The molecule has 17 heteroatoms. The number of anilines is 2. The second kappa shape index (κ2) is 10.5. The molecule has 4 aromatic rings. The summed E-state index contributed by atoms with van der Waals surface area (Å²) < 4.78 is 100. The number of nitrogen functional groups attached to an aromatic ring is 1. The molecule has 1 heterocycles. The monoisotopic (exact) mass is 621 g/mol. The van der Waals surface area contributed by atoms with Crippen molar-refractivity contribution in [1.82, 2.24) is 4.98 Å². The van der Waals surface area contributed by atoms with Crippen LogP contribution in [0.2, 0.25) is 0 Å². The average molecular weight is 622 g/mol. The number of carbonyl (C=O) groups excluding carboxylic acids is 1. The second-order valence-corrected chi connectivity index (χ2v) is 12.6. The van der Waals surface area contributed by atoms with Gasteiger partial charge in [-0.1, -0.05) is 24.3 Å². The number of rotatable bonds is 7. The van der Waals surface area contributed by atoms with E-state index in [4.69, 9.17) is 5.73 Å². The Morgan fingerprint density at radius 2 is 1.34 bits per heavy atom. The minimum atomic E-state index is -4.93. The van der Waals surface area contributed by atoms with Crippen molar-refractivity contribution >= 4 is 70.7 Å². The third-order valence-corrected chi connectivity index (χ3v) is 8.37. The molecule has 4 rings (SSSR count). The number of phenols is 1. The summed E-state index contributed by atoms with van der Waals surface area (Å²) in [5, 5.41) is 12.7. The molecule has 0 radical (unpaired) electrons. The van der Waals surface area contributed by atoms with Crippen LogP contribution in [-0.4, -0.2) is 54.9 Å². The molecule has 0 aliphatic carbocycles. The molecule has 1 aromatic heterocycles. The van der Waals surface area contributed by atoms with Gasteiger partial charge in [-0.25, -0.2) is 0 Å². The van der Waals surface area contributed by atoms with Crippen LogP contribution in [0.25, 0.3) is 23.1 Å². The van der Waals surface area contributed by atoms with E-state index in [1.54, 1.807) is 0 Å². The minimum absolute atomic E-state index is 0.0328. The summed E-state index contributed by atoms with van der Waals surface area (Å²) in [6.07, 6.45) is 3.47. The van der Waals surface area contributed by atoms with E-state index in [0.29, 0.717) is 6.07 Å². The maximum Gasteiger partial charge on any atom is 0.295 e. The van der Waals surface area contributed by atoms with E-state index in [9.17, 15) is 48.8 Å². The maximum atomic E-state index is 13.0. The number of phenolic OH excluding ortho intramolecular Hbond substituents is 1. The number of nitrogens with one attached hydrogen (secondary N) is 1. The number of hydrogen-bond donors (Lipinski definition) is 6. The Morgan fingerprint density at radius 3 is 1.93 bits per heavy atom. The highest BCUT2D eigenvalue weighted by Crippen LogP contribution is 2.33. The number of carbonyl (C=O) groups is 1. The van der Waals surface area contributed by atoms with Gasteiger partial charge in [-0.2, -0.15) is 25.3 Å². The van der Waals surface area contributed by atoms with E-state index in [-0.39, 0.29) is 33.4 Å². The Kier molecular flexibility index (Phi) is 7.61. The summed E-state index contributed by atoms with van der Waals surface area (Å²) in [6.45, 7) is 0. The summed E-state index contributed by atoms with van der Waals surface area (Å²) in [5.41, 5.74) is 4.23. The van der Waals surface area contributed by atoms with Crippen LogP contribution < -0.4 is 11.1 Å². The zero-order chi connectivity index (χ0) is 30.3. The number of aromatic nitrogens is 1. The number of nitrogens with zero attached hydrogens (tertiary/aromatic N) is 1. The SMILES string of the molecule is Nc1ccc(/C=C/c2ccc(NC(=O)c3cc(S(=O)(=O)O)c4cccnc4c3O)cc2S(=O)(=O)O)c(S(=O)(=O)O)c1. The lowest BCUT2D eigenvalue weighted by Crippen LogP contribution is -2.14. The molecule has 41 heavy (non-hydrogen) atoms. The van der Waals surface area contributed by atoms with Crippen LogP contribution in [0, 0.1) is 0 Å². The lowest BCUT2D eigenvalue weighted by molar-refractivity contribution is 0.102. The van der Waals surface area contributed by atoms with Gasteiger partial charge in [0.25, 0.3) is 36.3 Å². The molecular weight excluding hydrogens is 602 g/mol. The highest BCUT2D eigenvalue weighted by Gasteiger charge is 2.24. The normalized spacial score (nSPS) is 12.6. The largest absolute Gasteiger partial charge is 0.505 e. The van der Waals surface area contributed by atoms with Crippen molar-refractivity contribution in [3.63, 3.8) is 0 Å². The molecule has 1 amide bonds. The predicted octanol–water partition coefficient (Wildman–Crippen LogP) is 2.69. The number of nitrogens with two attached hydrogens (primary N) is 1. The molecule has 0 fully saturated rings. The highest BCUT2D eigenvalue weighted by molar-refractivity contribution is 7.86. The Balaban J connectivity index is 1.75. The van der Waals surface area contributed by atoms with Gasteiger partial charge >= 0.3 is 0 Å². The van der Waals surface area contributed by atoms with Crippen molar-refractivity contribution in [2.75, 3.05) is 11.1 Å². The molecule has 0 bridgehead atoms. The second-order valence-electron chi connectivity index (χ2n) is 8.43. The highest BCUT2D eigenvalue weighted by atomic mass is 32.2. The fourth-order valence-corrected chi connectivity index (χ4v) is 5.99. The quantitative estimate of drug-likeness (QED) is 0.0987. The predicted molar refractivity (Wildman–Crippen MR) is 147 cm³/mol. The van der Waals surface area contributed by atoms with Gasteiger partial charge in [-0.15, -0.1) is 0 Å². The van der Waals surface area contributed by atoms with Gasteiger partial charge in [0.05, 0.1) is 5.56 Å². The van der Waals surface area contributed by atoms with Crippen molar-refractivity contribution in [1.29, 1.82) is 0 Å². The average Bonchev–Trinajstić information content (AvgIpc) is 2.87. The molecule has 0 saturated carbocycles. The van der Waals surface area contributed by atoms with Gasteiger partial charge in [0.1, 0.15) is 20.2 Å². The Morgan fingerprint density at radius 1 is 0.780 bits per heavy atom. The first-order valence-electron chi connectivity index (χ1n) is 11.0. The lowest BCUT2D eigenvalue weighted by Gasteiger charge is -2.12. The van der Waals surface area contributed by atoms with Gasteiger partial charge in [0.2, 0.25) is 0 Å². The fourth-order valence-electron chi connectivity index (χ4n) is 3.85. The number of fused-ring (bicyclic) bond motifs is 1. The Bertz CT molecular complexity index is 2090. The molecule has 0 unspecified atom stereocenters. The van der Waals surface area contributed by atoms with Gasteiger partial charge < -0.3 is 16.2 Å². The minimum Gasteiger partial charge on any atom is -0.505 e. The first-order valence-corrected chi connectivity index (χ1v) is 15.3. The van der Waals surface area contributed by atoms with Crippen molar-refractivity contribution in [2.45, 2.75) is 14.7 Å². The van der Waals surface area contributed by atoms with Crippen LogP contribution in [0.4, 0.5) is 11.4 Å². The number of benzene rings is 3. The van der Waals surface area contributed by atoms with Crippen LogP contribution in [0.5, 0.6) is 5.75 Å². The Labute approximate surface area is 233 Å². The topological polar surface area (TPSA) is 251 Å². The van der Waals surface area contributed by atoms with Gasteiger partial charge in [0.15, 0.2) is 5.75 Å². The molecule has 0 atom stereocenters. The molecular formula is C24H19N3O11S3. The number of hydrogen-bond acceptors (Lipinski definition) is 10. The van der Waals surface area contributed by atoms with Crippen LogP contribution in [-0.2, 0) is 30.4 Å². The molecule has 7 N–H and O–H groups in total. The van der Waals surface area contributed by atoms with Gasteiger partial charge in [-0.3, -0.25) is 23.4 Å². The van der Waals surface area contributed by atoms with Crippen molar-refractivity contribution in [2.24, 2.45) is 0 Å². The summed E-state index contributed by atoms with van der Waals surface area (Å²) in [4.78, 5) is 14.8. The summed E-state index contributed by atoms with van der Waals surface area (Å²) in [5.74, 6) is -1.85. The molecule has 14 nitrogen and oxygen atoms in total. The van der Waals surface area contributed by atoms with Crippen molar-refractivity contribution < 1.29 is 48.8 Å². The van der Waals surface area contributed by atoms with Gasteiger partial charge in [-0.05, 0) is 53.6 Å². The molecule has 3 aromatic carbocycles. The number of amides is 1. The smallest absolute Gasteiger partial charge is 0.295 e. The summed E-state index contributed by atoms with van der Waals surface area (Å²) in [6, 6.07) is 10.1. The summed E-state index contributed by atoms with van der Waals surface area (Å²) in [7, 11) is -14.5. The zero-order valence-electron chi connectivity index (χ0n) is 20.3. The van der Waals surface area contributed by atoms with E-state index in [1.807, 2.05) is 0 Å². The van der Waals surface area contributed by atoms with E-state index >= 15 is 0 Å².